The number of nitrogens with one attached hydrogen (secondary N) is 2. The Hall–Kier alpha value is -2.22. The maximum Gasteiger partial charge on any atom is 0.326 e. The first-order valence-corrected chi connectivity index (χ1v) is 7.20. The first kappa shape index (κ1) is 16.8. The van der Waals surface area contributed by atoms with Crippen LogP contribution in [-0.2, 0) is 14.3 Å². The molecule has 0 radical (unpaired) electrons. The first-order chi connectivity index (χ1) is 9.97. The molecule has 0 heterocycles. The van der Waals surface area contributed by atoms with Crippen LogP contribution in [0.4, 0.5) is 10.5 Å². The smallest absolute Gasteiger partial charge is 0.326 e. The van der Waals surface area contributed by atoms with Crippen molar-refractivity contribution in [2.45, 2.75) is 17.4 Å². The largest absolute Gasteiger partial charge is 0.480 e. The van der Waals surface area contributed by atoms with E-state index in [1.807, 2.05) is 18.4 Å². The highest BCUT2D eigenvalue weighted by atomic mass is 32.2. The Bertz CT molecular complexity index is 535. The van der Waals surface area contributed by atoms with E-state index in [2.05, 4.69) is 15.4 Å². The molecule has 114 valence electrons. The summed E-state index contributed by atoms with van der Waals surface area (Å²) in [6.45, 7) is 0. The highest BCUT2D eigenvalue weighted by Crippen LogP contribution is 2.24. The molecule has 0 bridgehead atoms. The molecule has 2 amide bonds. The second-order valence-corrected chi connectivity index (χ2v) is 4.82. The SMILES string of the molecule is COC(=O)C[C@H](NC(=O)Nc1ccccc1SC)C(=O)O. The molecule has 8 heteroatoms. The first-order valence-electron chi connectivity index (χ1n) is 5.98. The van der Waals surface area contributed by atoms with Crippen LogP contribution in [-0.4, -0.2) is 42.5 Å². The van der Waals surface area contributed by atoms with Gasteiger partial charge in [-0.25, -0.2) is 9.59 Å². The zero-order valence-corrected chi connectivity index (χ0v) is 12.4. The number of benzene rings is 1. The van der Waals surface area contributed by atoms with Crippen molar-refractivity contribution in [1.82, 2.24) is 5.32 Å². The van der Waals surface area contributed by atoms with E-state index < -0.39 is 30.4 Å². The lowest BCUT2D eigenvalue weighted by Crippen LogP contribution is -2.44. The maximum absolute atomic E-state index is 11.8. The number of carboxylic acid groups (broad SMARTS) is 1. The Morgan fingerprint density at radius 1 is 1.33 bits per heavy atom. The average Bonchev–Trinajstić information content (AvgIpc) is 2.46. The van der Waals surface area contributed by atoms with Crippen LogP contribution in [0.3, 0.4) is 0 Å². The number of esters is 1. The van der Waals surface area contributed by atoms with E-state index >= 15 is 0 Å². The number of thioether (sulfide) groups is 1. The third kappa shape index (κ3) is 5.35. The van der Waals surface area contributed by atoms with Gasteiger partial charge >= 0.3 is 18.0 Å². The summed E-state index contributed by atoms with van der Waals surface area (Å²) in [6, 6.07) is 5.04. The Labute approximate surface area is 126 Å². The molecule has 7 nitrogen and oxygen atoms in total. The quantitative estimate of drug-likeness (QED) is 0.544. The molecule has 0 aliphatic carbocycles. The van der Waals surface area contributed by atoms with Gasteiger partial charge in [0.05, 0.1) is 19.2 Å². The van der Waals surface area contributed by atoms with Gasteiger partial charge in [0, 0.05) is 4.90 Å². The topological polar surface area (TPSA) is 105 Å². The molecule has 21 heavy (non-hydrogen) atoms. The van der Waals surface area contributed by atoms with Crippen molar-refractivity contribution < 1.29 is 24.2 Å². The Morgan fingerprint density at radius 3 is 2.57 bits per heavy atom. The number of methoxy groups -OCH3 is 1. The van der Waals surface area contributed by atoms with Crippen LogP contribution in [0.1, 0.15) is 6.42 Å². The standard InChI is InChI=1S/C13H16N2O5S/c1-20-11(16)7-9(12(17)18)15-13(19)14-8-5-3-4-6-10(8)21-2/h3-6,9H,7H2,1-2H3,(H,17,18)(H2,14,15,19)/t9-/m0/s1. The highest BCUT2D eigenvalue weighted by molar-refractivity contribution is 7.98. The van der Waals surface area contributed by atoms with E-state index in [0.717, 1.165) is 12.0 Å². The van der Waals surface area contributed by atoms with Gasteiger partial charge in [0.15, 0.2) is 0 Å². The van der Waals surface area contributed by atoms with Gasteiger partial charge in [-0.1, -0.05) is 12.1 Å². The number of rotatable bonds is 6. The summed E-state index contributed by atoms with van der Waals surface area (Å²) in [5.41, 5.74) is 0.560. The van der Waals surface area contributed by atoms with Gasteiger partial charge in [-0.2, -0.15) is 0 Å². The number of para-hydroxylation sites is 1. The lowest BCUT2D eigenvalue weighted by atomic mass is 10.2. The van der Waals surface area contributed by atoms with E-state index in [1.54, 1.807) is 12.1 Å². The lowest BCUT2D eigenvalue weighted by molar-refractivity contribution is -0.147. The molecule has 1 aromatic rings. The van der Waals surface area contributed by atoms with Crippen molar-refractivity contribution in [1.29, 1.82) is 0 Å². The van der Waals surface area contributed by atoms with Gasteiger partial charge in [0.25, 0.3) is 0 Å². The predicted octanol–water partition coefficient (Wildman–Crippen LogP) is 1.55. The van der Waals surface area contributed by atoms with Crippen LogP contribution in [0.5, 0.6) is 0 Å². The van der Waals surface area contributed by atoms with E-state index in [0.29, 0.717) is 5.69 Å². The molecule has 3 N–H and O–H groups in total. The molecule has 0 saturated carbocycles. The van der Waals surface area contributed by atoms with Crippen molar-refractivity contribution >= 4 is 35.4 Å². The molecule has 0 aromatic heterocycles. The van der Waals surface area contributed by atoms with E-state index in [4.69, 9.17) is 5.11 Å². The number of carbonyl (C=O) groups excluding carboxylic acids is 2. The number of hydrogen-bond donors (Lipinski definition) is 3. The Kier molecular flexibility index (Phi) is 6.54. The zero-order chi connectivity index (χ0) is 15.8. The van der Waals surface area contributed by atoms with Crippen LogP contribution >= 0.6 is 11.8 Å². The fourth-order valence-corrected chi connectivity index (χ4v) is 2.07. The third-order valence-corrected chi connectivity index (χ3v) is 3.35. The molecular weight excluding hydrogens is 296 g/mol. The summed E-state index contributed by atoms with van der Waals surface area (Å²) in [6.07, 6.45) is 1.42. The molecule has 0 saturated heterocycles. The summed E-state index contributed by atoms with van der Waals surface area (Å²) in [7, 11) is 1.15. The van der Waals surface area contributed by atoms with Gasteiger partial charge in [-0.3, -0.25) is 4.79 Å². The van der Waals surface area contributed by atoms with Crippen LogP contribution < -0.4 is 10.6 Å². The Morgan fingerprint density at radius 2 is 2.00 bits per heavy atom. The van der Waals surface area contributed by atoms with Crippen molar-refractivity contribution in [3.8, 4) is 0 Å². The number of urea groups is 1. The highest BCUT2D eigenvalue weighted by Gasteiger charge is 2.23. The average molecular weight is 312 g/mol. The molecule has 1 rings (SSSR count). The number of aliphatic carboxylic acids is 1. The summed E-state index contributed by atoms with van der Waals surface area (Å²) >= 11 is 1.44. The number of anilines is 1. The monoisotopic (exact) mass is 312 g/mol. The van der Waals surface area contributed by atoms with Crippen LogP contribution in [0.2, 0.25) is 0 Å². The normalized spacial score (nSPS) is 11.3. The fourth-order valence-electron chi connectivity index (χ4n) is 1.51. The summed E-state index contributed by atoms with van der Waals surface area (Å²) in [4.78, 5) is 34.8. The van der Waals surface area contributed by atoms with E-state index in [9.17, 15) is 14.4 Å². The van der Waals surface area contributed by atoms with Gasteiger partial charge < -0.3 is 20.5 Å². The minimum atomic E-state index is -1.35. The number of carbonyl (C=O) groups is 3. The maximum atomic E-state index is 11.8. The molecule has 1 atom stereocenters. The van der Waals surface area contributed by atoms with Gasteiger partial charge in [0.2, 0.25) is 0 Å². The molecule has 0 fully saturated rings. The summed E-state index contributed by atoms with van der Waals surface area (Å²) < 4.78 is 4.39. The summed E-state index contributed by atoms with van der Waals surface area (Å²) in [5.74, 6) is -2.03. The van der Waals surface area contributed by atoms with Crippen LogP contribution in [0.15, 0.2) is 29.2 Å². The van der Waals surface area contributed by atoms with Gasteiger partial charge in [0.1, 0.15) is 6.04 Å². The molecule has 1 aromatic carbocycles. The van der Waals surface area contributed by atoms with Crippen molar-refractivity contribution in [2.24, 2.45) is 0 Å². The molecule has 0 spiro atoms. The molecular formula is C13H16N2O5S. The van der Waals surface area contributed by atoms with E-state index in [-0.39, 0.29) is 0 Å². The van der Waals surface area contributed by atoms with Crippen molar-refractivity contribution in [3.63, 3.8) is 0 Å². The fraction of sp³-hybridized carbons (Fsp3) is 0.308. The number of ether oxygens (including phenoxy) is 1. The van der Waals surface area contributed by atoms with Gasteiger partial charge in [-0.05, 0) is 18.4 Å². The van der Waals surface area contributed by atoms with Crippen LogP contribution in [0.25, 0.3) is 0 Å². The van der Waals surface area contributed by atoms with Crippen LogP contribution in [0, 0.1) is 0 Å². The minimum absolute atomic E-state index is 0.441. The molecule has 0 unspecified atom stereocenters. The summed E-state index contributed by atoms with van der Waals surface area (Å²) in [5, 5.41) is 13.8. The predicted molar refractivity (Wildman–Crippen MR) is 78.4 cm³/mol. The second-order valence-electron chi connectivity index (χ2n) is 3.97. The van der Waals surface area contributed by atoms with Crippen molar-refractivity contribution in [2.75, 3.05) is 18.7 Å². The lowest BCUT2D eigenvalue weighted by Gasteiger charge is -2.15. The van der Waals surface area contributed by atoms with Gasteiger partial charge in [-0.15, -0.1) is 11.8 Å². The molecule has 0 aliphatic heterocycles. The van der Waals surface area contributed by atoms with Crippen molar-refractivity contribution in [3.05, 3.63) is 24.3 Å². The minimum Gasteiger partial charge on any atom is -0.480 e. The molecule has 0 aliphatic rings. The van der Waals surface area contributed by atoms with E-state index in [1.165, 1.54) is 11.8 Å². The third-order valence-electron chi connectivity index (χ3n) is 2.56. The number of hydrogen-bond acceptors (Lipinski definition) is 5. The number of carboxylic acids is 1. The number of amides is 2. The Balaban J connectivity index is 2.70. The second kappa shape index (κ2) is 8.15. The zero-order valence-electron chi connectivity index (χ0n) is 11.6.